The molecule has 0 saturated heterocycles. The van der Waals surface area contributed by atoms with Crippen molar-refractivity contribution in [3.63, 3.8) is 0 Å². The number of fused-ring (bicyclic) bond motifs is 1. The molecule has 4 rings (SSSR count). The van der Waals surface area contributed by atoms with Gasteiger partial charge in [-0.2, -0.15) is 9.61 Å². The quantitative estimate of drug-likeness (QED) is 0.430. The monoisotopic (exact) mass is 388 g/mol. The van der Waals surface area contributed by atoms with Crippen molar-refractivity contribution in [2.45, 2.75) is 25.9 Å². The Bertz CT molecular complexity index is 1060. The van der Waals surface area contributed by atoms with Gasteiger partial charge < -0.3 is 15.7 Å². The van der Waals surface area contributed by atoms with Gasteiger partial charge in [-0.05, 0) is 30.5 Å². The zero-order chi connectivity index (χ0) is 20.1. The second kappa shape index (κ2) is 8.70. The average Bonchev–Trinajstić information content (AvgIpc) is 3.14. The molecule has 3 aromatic heterocycles. The van der Waals surface area contributed by atoms with E-state index in [0.717, 1.165) is 28.2 Å². The molecule has 1 unspecified atom stereocenters. The van der Waals surface area contributed by atoms with E-state index < -0.39 is 0 Å². The number of nitrogens with zero attached hydrogens (tertiary/aromatic N) is 4. The lowest BCUT2D eigenvalue weighted by Crippen LogP contribution is -2.27. The van der Waals surface area contributed by atoms with Gasteiger partial charge in [-0.3, -0.25) is 4.98 Å². The van der Waals surface area contributed by atoms with Gasteiger partial charge in [0.15, 0.2) is 5.65 Å². The van der Waals surface area contributed by atoms with Gasteiger partial charge in [0.1, 0.15) is 11.6 Å². The molecule has 29 heavy (non-hydrogen) atoms. The molecule has 1 aromatic carbocycles. The highest BCUT2D eigenvalue weighted by molar-refractivity contribution is 5.60. The van der Waals surface area contributed by atoms with Gasteiger partial charge in [0, 0.05) is 30.6 Å². The second-order valence-electron chi connectivity index (χ2n) is 7.02. The Kier molecular flexibility index (Phi) is 5.67. The van der Waals surface area contributed by atoms with Crippen LogP contribution in [0.1, 0.15) is 16.7 Å². The molecule has 0 aliphatic carbocycles. The van der Waals surface area contributed by atoms with Crippen LogP contribution in [0.3, 0.4) is 0 Å². The summed E-state index contributed by atoms with van der Waals surface area (Å²) in [6, 6.07) is 15.8. The standard InChI is InChI=1S/C22H24N6O/c1-16-12-25-28-21(24-14-18-8-5-9-23-13-18)11-20(27-22(16)28)26-19(15-29)10-17-6-3-2-4-7-17/h2-9,11-13,19,24,29H,10,14-15H2,1H3,(H,26,27). The lowest BCUT2D eigenvalue weighted by Gasteiger charge is -2.18. The number of benzene rings is 1. The molecule has 4 aromatic rings. The van der Waals surface area contributed by atoms with E-state index in [9.17, 15) is 5.11 Å². The Morgan fingerprint density at radius 3 is 2.66 bits per heavy atom. The summed E-state index contributed by atoms with van der Waals surface area (Å²) in [5.41, 5.74) is 4.01. The maximum Gasteiger partial charge on any atom is 0.162 e. The number of aryl methyl sites for hydroxylation is 1. The molecule has 0 aliphatic rings. The fourth-order valence-corrected chi connectivity index (χ4v) is 3.24. The second-order valence-corrected chi connectivity index (χ2v) is 7.02. The third-order valence-electron chi connectivity index (χ3n) is 4.74. The predicted molar refractivity (Wildman–Crippen MR) is 114 cm³/mol. The zero-order valence-electron chi connectivity index (χ0n) is 16.3. The molecule has 0 radical (unpaired) electrons. The van der Waals surface area contributed by atoms with Crippen LogP contribution in [0, 0.1) is 6.92 Å². The Hall–Kier alpha value is -3.45. The fourth-order valence-electron chi connectivity index (χ4n) is 3.24. The number of nitrogens with one attached hydrogen (secondary N) is 2. The van der Waals surface area contributed by atoms with Crippen LogP contribution in [0.2, 0.25) is 0 Å². The molecule has 0 amide bonds. The van der Waals surface area contributed by atoms with Crippen LogP contribution in [-0.4, -0.2) is 37.3 Å². The van der Waals surface area contributed by atoms with Gasteiger partial charge in [-0.15, -0.1) is 0 Å². The minimum absolute atomic E-state index is 0.0123. The SMILES string of the molecule is Cc1cnn2c(NCc3cccnc3)cc(NC(CO)Cc3ccccc3)nc12. The molecule has 0 aliphatic heterocycles. The number of anilines is 2. The molecular weight excluding hydrogens is 364 g/mol. The summed E-state index contributed by atoms with van der Waals surface area (Å²) in [7, 11) is 0. The van der Waals surface area contributed by atoms with Crippen molar-refractivity contribution >= 4 is 17.3 Å². The first kappa shape index (κ1) is 18.9. The summed E-state index contributed by atoms with van der Waals surface area (Å²) in [5, 5.41) is 21.1. The number of aromatic nitrogens is 4. The van der Waals surface area contributed by atoms with Crippen LogP contribution in [0.25, 0.3) is 5.65 Å². The van der Waals surface area contributed by atoms with Crippen molar-refractivity contribution in [1.29, 1.82) is 0 Å². The van der Waals surface area contributed by atoms with Crippen LogP contribution >= 0.6 is 0 Å². The van der Waals surface area contributed by atoms with Gasteiger partial charge in [0.25, 0.3) is 0 Å². The maximum absolute atomic E-state index is 9.87. The largest absolute Gasteiger partial charge is 0.394 e. The Labute approximate surface area is 169 Å². The molecule has 1 atom stereocenters. The van der Waals surface area contributed by atoms with Gasteiger partial charge in [-0.1, -0.05) is 36.4 Å². The highest BCUT2D eigenvalue weighted by atomic mass is 16.3. The van der Waals surface area contributed by atoms with Crippen LogP contribution in [0.4, 0.5) is 11.6 Å². The minimum atomic E-state index is -0.137. The van der Waals surface area contributed by atoms with E-state index >= 15 is 0 Å². The summed E-state index contributed by atoms with van der Waals surface area (Å²) in [4.78, 5) is 8.86. The van der Waals surface area contributed by atoms with Crippen LogP contribution in [-0.2, 0) is 13.0 Å². The number of aliphatic hydroxyl groups is 1. The first-order valence-corrected chi connectivity index (χ1v) is 9.62. The van der Waals surface area contributed by atoms with Crippen molar-refractivity contribution < 1.29 is 5.11 Å². The molecular formula is C22H24N6O. The van der Waals surface area contributed by atoms with Crippen LogP contribution in [0.5, 0.6) is 0 Å². The highest BCUT2D eigenvalue weighted by Gasteiger charge is 2.13. The first-order chi connectivity index (χ1) is 14.2. The molecule has 3 N–H and O–H groups in total. The maximum atomic E-state index is 9.87. The topological polar surface area (TPSA) is 87.4 Å². The van der Waals surface area contributed by atoms with E-state index in [-0.39, 0.29) is 12.6 Å². The van der Waals surface area contributed by atoms with Crippen LogP contribution < -0.4 is 10.6 Å². The molecule has 0 fully saturated rings. The van der Waals surface area contributed by atoms with Gasteiger partial charge in [0.05, 0.1) is 18.8 Å². The minimum Gasteiger partial charge on any atom is -0.394 e. The number of hydrogen-bond acceptors (Lipinski definition) is 6. The number of rotatable bonds is 8. The summed E-state index contributed by atoms with van der Waals surface area (Å²) in [5.74, 6) is 1.52. The van der Waals surface area contributed by atoms with Crippen molar-refractivity contribution in [1.82, 2.24) is 19.6 Å². The van der Waals surface area contributed by atoms with E-state index in [4.69, 9.17) is 4.98 Å². The third-order valence-corrected chi connectivity index (χ3v) is 4.74. The first-order valence-electron chi connectivity index (χ1n) is 9.62. The lowest BCUT2D eigenvalue weighted by molar-refractivity contribution is 0.273. The highest BCUT2D eigenvalue weighted by Crippen LogP contribution is 2.20. The molecule has 0 bridgehead atoms. The summed E-state index contributed by atoms with van der Waals surface area (Å²) >= 11 is 0. The molecule has 0 spiro atoms. The van der Waals surface area contributed by atoms with Crippen molar-refractivity contribution in [3.8, 4) is 0 Å². The Morgan fingerprint density at radius 2 is 1.90 bits per heavy atom. The Balaban J connectivity index is 1.57. The van der Waals surface area contributed by atoms with E-state index in [1.54, 1.807) is 16.9 Å². The van der Waals surface area contributed by atoms with Crippen molar-refractivity contribution in [3.05, 3.63) is 83.8 Å². The lowest BCUT2D eigenvalue weighted by atomic mass is 10.1. The van der Waals surface area contributed by atoms with E-state index in [1.165, 1.54) is 0 Å². The summed E-state index contributed by atoms with van der Waals surface area (Å²) in [6.45, 7) is 2.62. The number of hydrogen-bond donors (Lipinski definition) is 3. The summed E-state index contributed by atoms with van der Waals surface area (Å²) in [6.07, 6.45) is 6.10. The number of pyridine rings is 1. The van der Waals surface area contributed by atoms with E-state index in [0.29, 0.717) is 18.8 Å². The van der Waals surface area contributed by atoms with Gasteiger partial charge in [-0.25, -0.2) is 4.98 Å². The number of aliphatic hydroxyl groups excluding tert-OH is 1. The average molecular weight is 388 g/mol. The molecule has 7 heteroatoms. The molecule has 148 valence electrons. The van der Waals surface area contributed by atoms with Crippen LogP contribution in [0.15, 0.2) is 67.1 Å². The molecule has 7 nitrogen and oxygen atoms in total. The van der Waals surface area contributed by atoms with Gasteiger partial charge in [0.2, 0.25) is 0 Å². The van der Waals surface area contributed by atoms with Crippen molar-refractivity contribution in [2.24, 2.45) is 0 Å². The van der Waals surface area contributed by atoms with Gasteiger partial charge >= 0.3 is 0 Å². The summed E-state index contributed by atoms with van der Waals surface area (Å²) < 4.78 is 1.79. The normalized spacial score (nSPS) is 12.1. The molecule has 0 saturated carbocycles. The van der Waals surface area contributed by atoms with Crippen molar-refractivity contribution in [2.75, 3.05) is 17.2 Å². The zero-order valence-corrected chi connectivity index (χ0v) is 16.3. The predicted octanol–water partition coefficient (Wildman–Crippen LogP) is 3.06. The smallest absolute Gasteiger partial charge is 0.162 e. The third kappa shape index (κ3) is 4.52. The van der Waals surface area contributed by atoms with E-state index in [2.05, 4.69) is 32.8 Å². The van der Waals surface area contributed by atoms with E-state index in [1.807, 2.05) is 49.5 Å². The Morgan fingerprint density at radius 1 is 1.07 bits per heavy atom. The fraction of sp³-hybridized carbons (Fsp3) is 0.227. The molecule has 3 heterocycles.